The minimum atomic E-state index is -4.39. The summed E-state index contributed by atoms with van der Waals surface area (Å²) in [6.07, 6.45) is -0.292. The van der Waals surface area contributed by atoms with Crippen LogP contribution < -0.4 is 15.4 Å². The number of methoxy groups -OCH3 is 1. The minimum absolute atomic E-state index is 0.183. The van der Waals surface area contributed by atoms with Gasteiger partial charge in [0.15, 0.2) is 0 Å². The molecule has 3 aromatic rings. The fourth-order valence-electron chi connectivity index (χ4n) is 4.99. The fraction of sp³-hybridized carbons (Fsp3) is 0.452. The van der Waals surface area contributed by atoms with E-state index in [9.17, 15) is 18.0 Å². The molecule has 11 heteroatoms. The summed E-state index contributed by atoms with van der Waals surface area (Å²) in [5.41, 5.74) is 2.35. The third-order valence-electron chi connectivity index (χ3n) is 7.18. The predicted octanol–water partition coefficient (Wildman–Crippen LogP) is 6.23. The van der Waals surface area contributed by atoms with Gasteiger partial charge in [-0.05, 0) is 61.4 Å². The van der Waals surface area contributed by atoms with Crippen molar-refractivity contribution in [3.8, 4) is 17.6 Å². The Morgan fingerprint density at radius 3 is 2.62 bits per heavy atom. The third-order valence-corrected chi connectivity index (χ3v) is 7.91. The first-order valence-electron chi connectivity index (χ1n) is 14.0. The number of fused-ring (bicyclic) bond motifs is 1. The highest BCUT2D eigenvalue weighted by atomic mass is 32.2. The van der Waals surface area contributed by atoms with Gasteiger partial charge < -0.3 is 24.7 Å². The zero-order chi connectivity index (χ0) is 30.1. The molecule has 0 atom stereocenters. The number of alkyl halides is 3. The topological polar surface area (TPSA) is 67.8 Å². The van der Waals surface area contributed by atoms with Crippen LogP contribution >= 0.6 is 11.8 Å². The number of halogens is 3. The molecule has 0 bridgehead atoms. The van der Waals surface area contributed by atoms with Gasteiger partial charge in [0, 0.05) is 48.1 Å². The van der Waals surface area contributed by atoms with E-state index in [2.05, 4.69) is 27.4 Å². The number of rotatable bonds is 11. The van der Waals surface area contributed by atoms with E-state index in [0.717, 1.165) is 42.2 Å². The highest BCUT2D eigenvalue weighted by molar-refractivity contribution is 7.98. The number of nitrogens with one attached hydrogen (secondary N) is 2. The number of carbonyl (C=O) groups is 1. The highest BCUT2D eigenvalue weighted by Crippen LogP contribution is 2.32. The molecule has 1 aromatic heterocycles. The van der Waals surface area contributed by atoms with Crippen molar-refractivity contribution in [2.75, 3.05) is 56.8 Å². The Morgan fingerprint density at radius 2 is 1.93 bits per heavy atom. The van der Waals surface area contributed by atoms with E-state index in [0.29, 0.717) is 41.9 Å². The first-order valence-corrected chi connectivity index (χ1v) is 15.2. The normalized spacial score (nSPS) is 14.3. The van der Waals surface area contributed by atoms with Crippen molar-refractivity contribution in [3.05, 3.63) is 48.2 Å². The van der Waals surface area contributed by atoms with Gasteiger partial charge in [0.1, 0.15) is 18.9 Å². The second-order valence-corrected chi connectivity index (χ2v) is 10.9. The summed E-state index contributed by atoms with van der Waals surface area (Å²) < 4.78 is 52.7. The van der Waals surface area contributed by atoms with E-state index in [1.165, 1.54) is 4.57 Å². The standard InChI is InChI=1S/C31H37F3N4O3S/c1-4-30(39)41-18-17-37-15-12-22(13-16-37)36-26-8-5-9-28-25(26)19-23(38(28)21-31(32,33)34)7-6-14-35-27-11-10-24(42-3)20-29(27)40-2/h5,8-11,19-20,22,35-36H,4,12-18,21H2,1-3H3. The largest absolute Gasteiger partial charge is 0.495 e. The number of hydrogen-bond donors (Lipinski definition) is 2. The summed E-state index contributed by atoms with van der Waals surface area (Å²) in [5, 5.41) is 7.47. The van der Waals surface area contributed by atoms with Crippen molar-refractivity contribution >= 4 is 40.0 Å². The van der Waals surface area contributed by atoms with Crippen LogP contribution in [-0.2, 0) is 16.1 Å². The molecule has 42 heavy (non-hydrogen) atoms. The lowest BCUT2D eigenvalue weighted by atomic mass is 10.0. The molecule has 1 saturated heterocycles. The number of esters is 1. The van der Waals surface area contributed by atoms with Crippen molar-refractivity contribution in [2.45, 2.75) is 49.8 Å². The maximum atomic E-state index is 13.6. The smallest absolute Gasteiger partial charge is 0.406 e. The highest BCUT2D eigenvalue weighted by Gasteiger charge is 2.30. The molecule has 0 spiro atoms. The Morgan fingerprint density at radius 1 is 1.14 bits per heavy atom. The second kappa shape index (κ2) is 14.6. The first-order chi connectivity index (χ1) is 20.2. The molecule has 2 aromatic carbocycles. The van der Waals surface area contributed by atoms with E-state index in [4.69, 9.17) is 9.47 Å². The van der Waals surface area contributed by atoms with E-state index in [1.54, 1.807) is 44.0 Å². The fourth-order valence-corrected chi connectivity index (χ4v) is 5.42. The van der Waals surface area contributed by atoms with Crippen LogP contribution in [0.4, 0.5) is 24.5 Å². The molecule has 4 rings (SSSR count). The quantitative estimate of drug-likeness (QED) is 0.153. The lowest BCUT2D eigenvalue weighted by Gasteiger charge is -2.32. The molecular weight excluding hydrogens is 565 g/mol. The van der Waals surface area contributed by atoms with Gasteiger partial charge in [-0.15, -0.1) is 11.8 Å². The molecule has 0 unspecified atom stereocenters. The average Bonchev–Trinajstić information content (AvgIpc) is 3.32. The maximum absolute atomic E-state index is 13.6. The van der Waals surface area contributed by atoms with Gasteiger partial charge in [-0.25, -0.2) is 0 Å². The Kier molecular flexibility index (Phi) is 10.9. The van der Waals surface area contributed by atoms with Crippen LogP contribution in [0.15, 0.2) is 47.4 Å². The van der Waals surface area contributed by atoms with Crippen molar-refractivity contribution < 1.29 is 27.4 Å². The lowest BCUT2D eigenvalue weighted by molar-refractivity contribution is -0.143. The number of carbonyl (C=O) groups excluding carboxylic acids is 1. The van der Waals surface area contributed by atoms with Crippen molar-refractivity contribution in [1.29, 1.82) is 0 Å². The van der Waals surface area contributed by atoms with E-state index in [-0.39, 0.29) is 18.6 Å². The maximum Gasteiger partial charge on any atom is 0.406 e. The third kappa shape index (κ3) is 8.52. The van der Waals surface area contributed by atoms with Crippen LogP contribution in [0, 0.1) is 11.8 Å². The monoisotopic (exact) mass is 602 g/mol. The number of piperidine rings is 1. The summed E-state index contributed by atoms with van der Waals surface area (Å²) in [5.74, 6) is 6.42. The van der Waals surface area contributed by atoms with E-state index >= 15 is 0 Å². The van der Waals surface area contributed by atoms with E-state index in [1.807, 2.05) is 30.5 Å². The molecule has 1 aliphatic heterocycles. The summed E-state index contributed by atoms with van der Waals surface area (Å²) >= 11 is 1.60. The molecule has 0 aliphatic carbocycles. The van der Waals surface area contributed by atoms with Crippen LogP contribution in [0.25, 0.3) is 10.9 Å². The number of ether oxygens (including phenoxy) is 2. The number of benzene rings is 2. The van der Waals surface area contributed by atoms with Gasteiger partial charge in [0.25, 0.3) is 0 Å². The van der Waals surface area contributed by atoms with Gasteiger partial charge in [0.2, 0.25) is 0 Å². The molecule has 0 saturated carbocycles. The Labute approximate surface area is 249 Å². The molecular formula is C31H37F3N4O3S. The zero-order valence-corrected chi connectivity index (χ0v) is 25.0. The van der Waals surface area contributed by atoms with Gasteiger partial charge in [0.05, 0.1) is 30.6 Å². The van der Waals surface area contributed by atoms with Gasteiger partial charge >= 0.3 is 12.1 Å². The molecule has 7 nitrogen and oxygen atoms in total. The van der Waals surface area contributed by atoms with Crippen LogP contribution in [-0.4, -0.2) is 73.8 Å². The summed E-state index contributed by atoms with van der Waals surface area (Å²) in [4.78, 5) is 14.7. The van der Waals surface area contributed by atoms with Crippen molar-refractivity contribution in [1.82, 2.24) is 9.47 Å². The molecule has 2 heterocycles. The van der Waals surface area contributed by atoms with Crippen LogP contribution in [0.3, 0.4) is 0 Å². The SMILES string of the molecule is CCC(=O)OCCN1CCC(Nc2cccc3c2cc(C#CCNc2ccc(SC)cc2OC)n3CC(F)(F)F)CC1. The van der Waals surface area contributed by atoms with Crippen LogP contribution in [0.1, 0.15) is 31.9 Å². The average molecular weight is 603 g/mol. The molecule has 226 valence electrons. The molecule has 0 radical (unpaired) electrons. The molecule has 0 amide bonds. The van der Waals surface area contributed by atoms with Crippen LogP contribution in [0.5, 0.6) is 5.75 Å². The second-order valence-electron chi connectivity index (χ2n) is 10.0. The lowest BCUT2D eigenvalue weighted by Crippen LogP contribution is -2.40. The summed E-state index contributed by atoms with van der Waals surface area (Å²) in [7, 11) is 1.59. The summed E-state index contributed by atoms with van der Waals surface area (Å²) in [6.45, 7) is 3.66. The zero-order valence-electron chi connectivity index (χ0n) is 24.1. The van der Waals surface area contributed by atoms with Crippen molar-refractivity contribution in [3.63, 3.8) is 0 Å². The van der Waals surface area contributed by atoms with Gasteiger partial charge in [-0.1, -0.05) is 18.9 Å². The van der Waals surface area contributed by atoms with Crippen molar-refractivity contribution in [2.24, 2.45) is 0 Å². The number of likely N-dealkylation sites (tertiary alicyclic amines) is 1. The number of nitrogens with zero attached hydrogens (tertiary/aromatic N) is 2. The Balaban J connectivity index is 1.47. The van der Waals surface area contributed by atoms with E-state index < -0.39 is 12.7 Å². The van der Waals surface area contributed by atoms with Gasteiger partial charge in [-0.2, -0.15) is 13.2 Å². The number of aromatic nitrogens is 1. The minimum Gasteiger partial charge on any atom is -0.495 e. The Hall–Kier alpha value is -3.49. The predicted molar refractivity (Wildman–Crippen MR) is 162 cm³/mol. The molecule has 1 fully saturated rings. The molecule has 1 aliphatic rings. The number of anilines is 2. The Bertz CT molecular complexity index is 1420. The first kappa shape index (κ1) is 31.4. The number of thioether (sulfide) groups is 1. The summed E-state index contributed by atoms with van der Waals surface area (Å²) in [6, 6.07) is 13.1. The van der Waals surface area contributed by atoms with Crippen LogP contribution in [0.2, 0.25) is 0 Å². The number of hydrogen-bond acceptors (Lipinski definition) is 7. The van der Waals surface area contributed by atoms with Gasteiger partial charge in [-0.3, -0.25) is 9.69 Å². The molecule has 2 N–H and O–H groups in total.